The summed E-state index contributed by atoms with van der Waals surface area (Å²) in [5.41, 5.74) is 1.79. The van der Waals surface area contributed by atoms with Crippen molar-refractivity contribution in [2.45, 2.75) is 11.3 Å². The van der Waals surface area contributed by atoms with Crippen molar-refractivity contribution in [1.29, 1.82) is 0 Å². The first kappa shape index (κ1) is 15.9. The van der Waals surface area contributed by atoms with Crippen molar-refractivity contribution < 1.29 is 13.3 Å². The number of nitro groups is 1. The van der Waals surface area contributed by atoms with Gasteiger partial charge in [0.25, 0.3) is 5.69 Å². The topological polar surface area (TPSA) is 115 Å². The average molecular weight is 321 g/mol. The van der Waals surface area contributed by atoms with Crippen LogP contribution in [0.5, 0.6) is 0 Å². The van der Waals surface area contributed by atoms with Crippen molar-refractivity contribution in [2.75, 3.05) is 11.9 Å². The van der Waals surface area contributed by atoms with E-state index in [9.17, 15) is 18.5 Å². The van der Waals surface area contributed by atoms with Crippen LogP contribution in [0.3, 0.4) is 0 Å². The molecule has 2 rings (SSSR count). The molecule has 0 fully saturated rings. The van der Waals surface area contributed by atoms with Gasteiger partial charge >= 0.3 is 0 Å². The molecule has 0 aliphatic heterocycles. The van der Waals surface area contributed by atoms with Gasteiger partial charge in [0.1, 0.15) is 0 Å². The second-order valence-corrected chi connectivity index (χ2v) is 6.23. The molecule has 0 radical (unpaired) electrons. The molecule has 0 aromatic heterocycles. The van der Waals surface area contributed by atoms with Crippen molar-refractivity contribution in [2.24, 2.45) is 5.14 Å². The lowest BCUT2D eigenvalue weighted by molar-refractivity contribution is -0.384. The highest BCUT2D eigenvalue weighted by Gasteiger charge is 2.07. The molecule has 116 valence electrons. The fraction of sp³-hybridized carbons (Fsp3) is 0.143. The van der Waals surface area contributed by atoms with E-state index >= 15 is 0 Å². The second-order valence-electron chi connectivity index (χ2n) is 4.67. The van der Waals surface area contributed by atoms with Crippen LogP contribution in [0.15, 0.2) is 53.4 Å². The molecule has 0 bridgehead atoms. The van der Waals surface area contributed by atoms with Crippen molar-refractivity contribution in [3.63, 3.8) is 0 Å². The van der Waals surface area contributed by atoms with Gasteiger partial charge in [0.15, 0.2) is 0 Å². The molecule has 0 saturated heterocycles. The maximum Gasteiger partial charge on any atom is 0.269 e. The van der Waals surface area contributed by atoms with Crippen molar-refractivity contribution in [1.82, 2.24) is 0 Å². The molecule has 8 heteroatoms. The lowest BCUT2D eigenvalue weighted by Gasteiger charge is -2.07. The quantitative estimate of drug-likeness (QED) is 0.622. The predicted molar refractivity (Wildman–Crippen MR) is 83.1 cm³/mol. The molecule has 0 aliphatic rings. The third-order valence-corrected chi connectivity index (χ3v) is 4.00. The molecule has 2 aromatic carbocycles. The molecule has 3 N–H and O–H groups in total. The van der Waals surface area contributed by atoms with E-state index in [1.807, 2.05) is 0 Å². The van der Waals surface area contributed by atoms with E-state index in [1.165, 1.54) is 24.3 Å². The van der Waals surface area contributed by atoms with Gasteiger partial charge in [0, 0.05) is 24.4 Å². The van der Waals surface area contributed by atoms with E-state index in [2.05, 4.69) is 5.32 Å². The van der Waals surface area contributed by atoms with Gasteiger partial charge in [0.05, 0.1) is 9.82 Å². The highest BCUT2D eigenvalue weighted by atomic mass is 32.2. The second kappa shape index (κ2) is 6.54. The Kier molecular flexibility index (Phi) is 4.74. The van der Waals surface area contributed by atoms with Crippen LogP contribution < -0.4 is 10.5 Å². The van der Waals surface area contributed by atoms with Crippen LogP contribution >= 0.6 is 0 Å². The summed E-state index contributed by atoms with van der Waals surface area (Å²) in [4.78, 5) is 10.2. The maximum atomic E-state index is 11.1. The Morgan fingerprint density at radius 3 is 2.14 bits per heavy atom. The molecule has 0 spiro atoms. The largest absolute Gasteiger partial charge is 0.385 e. The number of hydrogen-bond donors (Lipinski definition) is 2. The van der Waals surface area contributed by atoms with Gasteiger partial charge in [-0.3, -0.25) is 10.1 Å². The highest BCUT2D eigenvalue weighted by molar-refractivity contribution is 7.89. The summed E-state index contributed by atoms with van der Waals surface area (Å²) in [7, 11) is -3.66. The summed E-state index contributed by atoms with van der Waals surface area (Å²) in [6, 6.07) is 12.5. The molecular formula is C14H15N3O4S. The van der Waals surface area contributed by atoms with Crippen LogP contribution in [0.2, 0.25) is 0 Å². The third-order valence-electron chi connectivity index (χ3n) is 3.07. The Labute approximate surface area is 128 Å². The van der Waals surface area contributed by atoms with Crippen molar-refractivity contribution in [3.05, 3.63) is 64.2 Å². The lowest BCUT2D eigenvalue weighted by atomic mass is 10.1. The Balaban J connectivity index is 1.89. The number of sulfonamides is 1. The fourth-order valence-electron chi connectivity index (χ4n) is 1.90. The van der Waals surface area contributed by atoms with Crippen LogP contribution in [-0.2, 0) is 16.4 Å². The summed E-state index contributed by atoms with van der Waals surface area (Å²) in [5.74, 6) is 0. The zero-order valence-electron chi connectivity index (χ0n) is 11.6. The molecule has 0 heterocycles. The molecule has 0 unspecified atom stereocenters. The molecule has 22 heavy (non-hydrogen) atoms. The molecule has 0 amide bonds. The predicted octanol–water partition coefficient (Wildman–Crippen LogP) is 1.90. The van der Waals surface area contributed by atoms with E-state index in [4.69, 9.17) is 5.14 Å². The fourth-order valence-corrected chi connectivity index (χ4v) is 2.41. The summed E-state index contributed by atoms with van der Waals surface area (Å²) < 4.78 is 22.3. The van der Waals surface area contributed by atoms with Crippen molar-refractivity contribution in [3.8, 4) is 0 Å². The van der Waals surface area contributed by atoms with Crippen LogP contribution in [0.4, 0.5) is 11.4 Å². The standard InChI is InChI=1S/C14H15N3O4S/c15-22(20,21)14-7-1-11(2-8-14)9-10-16-12-3-5-13(6-4-12)17(18)19/h1-8,16H,9-10H2,(H2,15,20,21). The number of nitro benzene ring substituents is 1. The SMILES string of the molecule is NS(=O)(=O)c1ccc(CCNc2ccc([N+](=O)[O-])cc2)cc1. The molecule has 2 aromatic rings. The zero-order chi connectivity index (χ0) is 16.2. The first-order chi connectivity index (χ1) is 10.4. The molecule has 7 nitrogen and oxygen atoms in total. The zero-order valence-corrected chi connectivity index (χ0v) is 12.4. The number of hydrogen-bond acceptors (Lipinski definition) is 5. The smallest absolute Gasteiger partial charge is 0.269 e. The number of non-ortho nitro benzene ring substituents is 1. The summed E-state index contributed by atoms with van der Waals surface area (Å²) in [5, 5.41) is 18.7. The molecule has 0 aliphatic carbocycles. The first-order valence-corrected chi connectivity index (χ1v) is 8.01. The monoisotopic (exact) mass is 321 g/mol. The Morgan fingerprint density at radius 2 is 1.64 bits per heavy atom. The number of nitrogens with one attached hydrogen (secondary N) is 1. The molecular weight excluding hydrogens is 306 g/mol. The third kappa shape index (κ3) is 4.27. The average Bonchev–Trinajstić information content (AvgIpc) is 2.47. The minimum absolute atomic E-state index is 0.0455. The normalized spacial score (nSPS) is 11.1. The van der Waals surface area contributed by atoms with Gasteiger partial charge in [-0.2, -0.15) is 0 Å². The first-order valence-electron chi connectivity index (χ1n) is 6.46. The van der Waals surface area contributed by atoms with E-state index in [0.717, 1.165) is 11.3 Å². The van der Waals surface area contributed by atoms with Gasteiger partial charge in [-0.25, -0.2) is 13.6 Å². The number of primary sulfonamides is 1. The Hall–Kier alpha value is -2.45. The van der Waals surface area contributed by atoms with Crippen LogP contribution in [0, 0.1) is 10.1 Å². The van der Waals surface area contributed by atoms with Crippen LogP contribution in [0.25, 0.3) is 0 Å². The number of anilines is 1. The van der Waals surface area contributed by atoms with E-state index in [-0.39, 0.29) is 10.6 Å². The number of nitrogens with zero attached hydrogens (tertiary/aromatic N) is 1. The van der Waals surface area contributed by atoms with E-state index < -0.39 is 14.9 Å². The van der Waals surface area contributed by atoms with Crippen molar-refractivity contribution >= 4 is 21.4 Å². The highest BCUT2D eigenvalue weighted by Crippen LogP contribution is 2.15. The van der Waals surface area contributed by atoms with Gasteiger partial charge in [-0.1, -0.05) is 12.1 Å². The summed E-state index contributed by atoms with van der Waals surface area (Å²) in [6.45, 7) is 0.618. The minimum atomic E-state index is -3.66. The Morgan fingerprint density at radius 1 is 1.05 bits per heavy atom. The Bertz CT molecular complexity index is 756. The van der Waals surface area contributed by atoms with E-state index in [1.54, 1.807) is 24.3 Å². The van der Waals surface area contributed by atoms with Crippen LogP contribution in [-0.4, -0.2) is 19.9 Å². The van der Waals surface area contributed by atoms with Gasteiger partial charge < -0.3 is 5.32 Å². The number of rotatable bonds is 6. The maximum absolute atomic E-state index is 11.1. The molecule has 0 atom stereocenters. The summed E-state index contributed by atoms with van der Waals surface area (Å²) >= 11 is 0. The van der Waals surface area contributed by atoms with Gasteiger partial charge in [-0.15, -0.1) is 0 Å². The lowest BCUT2D eigenvalue weighted by Crippen LogP contribution is -2.12. The number of benzene rings is 2. The molecule has 0 saturated carbocycles. The number of nitrogens with two attached hydrogens (primary N) is 1. The minimum Gasteiger partial charge on any atom is -0.385 e. The van der Waals surface area contributed by atoms with E-state index in [0.29, 0.717) is 13.0 Å². The van der Waals surface area contributed by atoms with Crippen LogP contribution in [0.1, 0.15) is 5.56 Å². The summed E-state index contributed by atoms with van der Waals surface area (Å²) in [6.07, 6.45) is 0.682. The van der Waals surface area contributed by atoms with Gasteiger partial charge in [-0.05, 0) is 36.2 Å². The van der Waals surface area contributed by atoms with Gasteiger partial charge in [0.2, 0.25) is 10.0 Å².